The van der Waals surface area contributed by atoms with E-state index in [2.05, 4.69) is 10.4 Å². The molecule has 1 unspecified atom stereocenters. The van der Waals surface area contributed by atoms with Gasteiger partial charge in [-0.3, -0.25) is 14.3 Å². The highest BCUT2D eigenvalue weighted by Crippen LogP contribution is 2.29. The van der Waals surface area contributed by atoms with E-state index in [1.807, 2.05) is 0 Å². The lowest BCUT2D eigenvalue weighted by Gasteiger charge is -2.33. The Balaban J connectivity index is 1.54. The molecule has 14 heteroatoms. The van der Waals surface area contributed by atoms with Crippen LogP contribution >= 0.6 is 0 Å². The summed E-state index contributed by atoms with van der Waals surface area (Å²) >= 11 is 0. The van der Waals surface area contributed by atoms with Gasteiger partial charge in [-0.15, -0.1) is 0 Å². The van der Waals surface area contributed by atoms with Crippen molar-refractivity contribution in [2.75, 3.05) is 25.6 Å². The van der Waals surface area contributed by atoms with Crippen molar-refractivity contribution in [1.82, 2.24) is 19.7 Å². The molecule has 0 spiro atoms. The number of nitrogens with zero attached hydrogens (tertiary/aromatic N) is 5. The van der Waals surface area contributed by atoms with Crippen LogP contribution in [0.1, 0.15) is 34.2 Å². The van der Waals surface area contributed by atoms with Gasteiger partial charge in [-0.2, -0.15) is 23.5 Å². The summed E-state index contributed by atoms with van der Waals surface area (Å²) in [6.07, 6.45) is -5.07. The Kier molecular flexibility index (Phi) is 6.87. The zero-order valence-corrected chi connectivity index (χ0v) is 19.3. The van der Waals surface area contributed by atoms with Gasteiger partial charge in [0.05, 0.1) is 31.0 Å². The number of rotatable bonds is 4. The van der Waals surface area contributed by atoms with Crippen molar-refractivity contribution in [3.63, 3.8) is 0 Å². The fourth-order valence-electron chi connectivity index (χ4n) is 4.16. The second-order valence-electron chi connectivity index (χ2n) is 8.53. The van der Waals surface area contributed by atoms with Crippen molar-refractivity contribution < 1.29 is 36.7 Å². The fraction of sp³-hybridized carbons (Fsp3) is 0.455. The van der Waals surface area contributed by atoms with Crippen molar-refractivity contribution in [2.45, 2.75) is 44.8 Å². The number of carbonyl (C=O) groups excluding carboxylic acids is 2. The summed E-state index contributed by atoms with van der Waals surface area (Å²) in [7, 11) is 1.34. The molecule has 0 bridgehead atoms. The highest BCUT2D eigenvalue weighted by molar-refractivity contribution is 5.94. The van der Waals surface area contributed by atoms with E-state index >= 15 is 0 Å². The second kappa shape index (κ2) is 9.75. The van der Waals surface area contributed by atoms with Crippen LogP contribution in [-0.2, 0) is 29.1 Å². The quantitative estimate of drug-likeness (QED) is 0.633. The Morgan fingerprint density at radius 2 is 2.14 bits per heavy atom. The molecule has 36 heavy (non-hydrogen) atoms. The molecule has 192 valence electrons. The largest absolute Gasteiger partial charge is 0.411 e. The van der Waals surface area contributed by atoms with Gasteiger partial charge in [-0.25, -0.2) is 14.2 Å². The molecular formula is C22H22F4N6O4. The minimum atomic E-state index is -4.49. The summed E-state index contributed by atoms with van der Waals surface area (Å²) in [4.78, 5) is 33.0. The average Bonchev–Trinajstić information content (AvgIpc) is 3.08. The molecule has 2 aliphatic rings. The van der Waals surface area contributed by atoms with E-state index in [0.717, 1.165) is 11.1 Å². The molecular weight excluding hydrogens is 488 g/mol. The van der Waals surface area contributed by atoms with Crippen LogP contribution in [0.25, 0.3) is 0 Å². The number of ether oxygens (including phenoxy) is 1. The molecule has 0 fully saturated rings. The lowest BCUT2D eigenvalue weighted by Crippen LogP contribution is -2.45. The first-order valence-corrected chi connectivity index (χ1v) is 10.9. The van der Waals surface area contributed by atoms with Crippen molar-refractivity contribution in [3.05, 3.63) is 46.5 Å². The third-order valence-electron chi connectivity index (χ3n) is 5.82. The Labute approximate surface area is 202 Å². The van der Waals surface area contributed by atoms with E-state index in [4.69, 9.17) is 14.8 Å². The molecule has 0 radical (unpaired) electrons. The van der Waals surface area contributed by atoms with Gasteiger partial charge in [0.1, 0.15) is 30.3 Å². The minimum absolute atomic E-state index is 0.0244. The zero-order valence-electron chi connectivity index (χ0n) is 19.3. The second-order valence-corrected chi connectivity index (χ2v) is 8.53. The molecule has 1 N–H and O–H groups in total. The number of fused-ring (bicyclic) bond motifs is 3. The van der Waals surface area contributed by atoms with Gasteiger partial charge in [-0.1, -0.05) is 0 Å². The maximum Gasteiger partial charge on any atom is 0.411 e. The smallest absolute Gasteiger partial charge is 0.369 e. The van der Waals surface area contributed by atoms with Crippen LogP contribution in [0.5, 0.6) is 0 Å². The number of nitriles is 1. The Morgan fingerprint density at radius 3 is 2.83 bits per heavy atom. The normalized spacial score (nSPS) is 19.9. The molecule has 2 aromatic rings. The molecule has 1 aromatic carbocycles. The Bertz CT molecular complexity index is 1220. The standard InChI is InChI=1S/C22H22F4N6O4/c1-12-5-18-16(9-31(12)21(34)28-14-3-4-17(23)13(6-14)7-27)19-20(33)30(2)36-15(8-32(19)29-18)10-35-11-22(24,25)26/h3-4,6,12,15H,5,8-11H2,1-2H3,(H,28,34)/t12-,15?/m1/s1. The maximum absolute atomic E-state index is 13.6. The first-order chi connectivity index (χ1) is 17.0. The van der Waals surface area contributed by atoms with E-state index < -0.39 is 43.2 Å². The lowest BCUT2D eigenvalue weighted by atomic mass is 9.99. The molecule has 0 saturated heterocycles. The predicted molar refractivity (Wildman–Crippen MR) is 115 cm³/mol. The van der Waals surface area contributed by atoms with Crippen LogP contribution in [0.4, 0.5) is 28.0 Å². The molecule has 1 aromatic heterocycles. The van der Waals surface area contributed by atoms with Gasteiger partial charge in [0.15, 0.2) is 0 Å². The van der Waals surface area contributed by atoms with E-state index in [0.29, 0.717) is 17.7 Å². The number of hydroxylamine groups is 2. The van der Waals surface area contributed by atoms with Crippen LogP contribution in [0, 0.1) is 17.1 Å². The van der Waals surface area contributed by atoms with Gasteiger partial charge in [0, 0.05) is 30.8 Å². The number of anilines is 1. The van der Waals surface area contributed by atoms with Crippen LogP contribution in [-0.4, -0.2) is 70.3 Å². The number of halogens is 4. The summed E-state index contributed by atoms with van der Waals surface area (Å²) in [5, 5.41) is 17.0. The number of nitrogens with one attached hydrogen (secondary N) is 1. The number of hydrogen-bond acceptors (Lipinski definition) is 6. The number of hydrogen-bond donors (Lipinski definition) is 1. The molecule has 4 rings (SSSR count). The van der Waals surface area contributed by atoms with Crippen LogP contribution in [0.2, 0.25) is 0 Å². The first kappa shape index (κ1) is 25.4. The van der Waals surface area contributed by atoms with Crippen LogP contribution < -0.4 is 5.32 Å². The van der Waals surface area contributed by atoms with Crippen LogP contribution in [0.15, 0.2) is 18.2 Å². The number of benzene rings is 1. The number of urea groups is 1. The fourth-order valence-corrected chi connectivity index (χ4v) is 4.16. The third-order valence-corrected chi connectivity index (χ3v) is 5.82. The third kappa shape index (κ3) is 5.26. The molecule has 0 saturated carbocycles. The molecule has 3 heterocycles. The van der Waals surface area contributed by atoms with Gasteiger partial charge < -0.3 is 15.0 Å². The summed E-state index contributed by atoms with van der Waals surface area (Å²) in [6, 6.07) is 4.50. The number of alkyl halides is 3. The summed E-state index contributed by atoms with van der Waals surface area (Å²) < 4.78 is 57.0. The molecule has 0 aliphatic carbocycles. The topological polar surface area (TPSA) is 113 Å². The number of aromatic nitrogens is 2. The van der Waals surface area contributed by atoms with E-state index in [9.17, 15) is 27.2 Å². The van der Waals surface area contributed by atoms with E-state index in [1.54, 1.807) is 13.0 Å². The first-order valence-electron chi connectivity index (χ1n) is 10.9. The Morgan fingerprint density at radius 1 is 1.39 bits per heavy atom. The monoisotopic (exact) mass is 510 g/mol. The summed E-state index contributed by atoms with van der Waals surface area (Å²) in [5.74, 6) is -1.27. The highest BCUT2D eigenvalue weighted by Gasteiger charge is 2.38. The predicted octanol–water partition coefficient (Wildman–Crippen LogP) is 2.84. The number of carbonyl (C=O) groups is 2. The zero-order chi connectivity index (χ0) is 26.2. The van der Waals surface area contributed by atoms with Crippen molar-refractivity contribution in [2.24, 2.45) is 0 Å². The Hall–Kier alpha value is -3.70. The van der Waals surface area contributed by atoms with Gasteiger partial charge in [-0.05, 0) is 25.1 Å². The van der Waals surface area contributed by atoms with Crippen LogP contribution in [0.3, 0.4) is 0 Å². The highest BCUT2D eigenvalue weighted by atomic mass is 19.4. The molecule has 2 atom stereocenters. The van der Waals surface area contributed by atoms with Gasteiger partial charge >= 0.3 is 12.2 Å². The summed E-state index contributed by atoms with van der Waals surface area (Å²) in [6.45, 7) is -0.0572. The summed E-state index contributed by atoms with van der Waals surface area (Å²) in [5.41, 5.74) is 1.27. The van der Waals surface area contributed by atoms with E-state index in [-0.39, 0.29) is 36.1 Å². The molecule has 3 amide bonds. The van der Waals surface area contributed by atoms with Gasteiger partial charge in [0.2, 0.25) is 0 Å². The maximum atomic E-state index is 13.6. The van der Waals surface area contributed by atoms with Crippen molar-refractivity contribution >= 4 is 17.6 Å². The average molecular weight is 510 g/mol. The SMILES string of the molecule is C[C@@H]1Cc2nn3c(c2CN1C(=O)Nc1ccc(F)c(C#N)c1)C(=O)N(C)OC(COCC(F)(F)F)C3. The van der Waals surface area contributed by atoms with Gasteiger partial charge in [0.25, 0.3) is 5.91 Å². The van der Waals surface area contributed by atoms with Crippen molar-refractivity contribution in [1.29, 1.82) is 5.26 Å². The molecule has 2 aliphatic heterocycles. The molecule has 10 nitrogen and oxygen atoms in total. The lowest BCUT2D eigenvalue weighted by molar-refractivity contribution is -0.202. The minimum Gasteiger partial charge on any atom is -0.369 e. The number of amides is 3. The van der Waals surface area contributed by atoms with E-state index in [1.165, 1.54) is 28.8 Å². The van der Waals surface area contributed by atoms with Crippen molar-refractivity contribution in [3.8, 4) is 6.07 Å².